The number of nitrogens with one attached hydrogen (secondary N) is 3. The van der Waals surface area contributed by atoms with Crippen molar-refractivity contribution in [3.63, 3.8) is 0 Å². The van der Waals surface area contributed by atoms with Crippen LogP contribution in [0.5, 0.6) is 0 Å². The van der Waals surface area contributed by atoms with Gasteiger partial charge in [0.05, 0.1) is 6.54 Å². The molecule has 0 aliphatic rings. The van der Waals surface area contributed by atoms with Gasteiger partial charge in [-0.15, -0.1) is 0 Å². The summed E-state index contributed by atoms with van der Waals surface area (Å²) in [5.74, 6) is -0.773. The van der Waals surface area contributed by atoms with Crippen molar-refractivity contribution in [1.82, 2.24) is 16.0 Å². The number of amides is 3. The zero-order valence-electron chi connectivity index (χ0n) is 12.6. The molecule has 6 nitrogen and oxygen atoms in total. The smallest absolute Gasteiger partial charge is 0.244 e. The van der Waals surface area contributed by atoms with Crippen LogP contribution in [0.2, 0.25) is 0 Å². The number of hydrogen-bond donors (Lipinski definition) is 3. The van der Waals surface area contributed by atoms with Crippen molar-refractivity contribution in [3.8, 4) is 0 Å². The lowest BCUT2D eigenvalue weighted by Gasteiger charge is -2.05. The Balaban J connectivity index is 2.18. The van der Waals surface area contributed by atoms with Crippen LogP contribution in [0.4, 0.5) is 0 Å². The Hall–Kier alpha value is -2.63. The second kappa shape index (κ2) is 10.1. The van der Waals surface area contributed by atoms with Gasteiger partial charge in [-0.1, -0.05) is 30.3 Å². The maximum absolute atomic E-state index is 11.6. The van der Waals surface area contributed by atoms with Gasteiger partial charge in [0, 0.05) is 25.6 Å². The van der Waals surface area contributed by atoms with Crippen molar-refractivity contribution in [2.45, 2.75) is 13.3 Å². The molecular formula is C16H21N3O3. The van der Waals surface area contributed by atoms with Gasteiger partial charge >= 0.3 is 0 Å². The molecule has 22 heavy (non-hydrogen) atoms. The molecule has 0 saturated heterocycles. The average molecular weight is 303 g/mol. The molecule has 118 valence electrons. The zero-order chi connectivity index (χ0) is 16.2. The van der Waals surface area contributed by atoms with Gasteiger partial charge in [0.2, 0.25) is 17.7 Å². The molecule has 0 heterocycles. The van der Waals surface area contributed by atoms with E-state index in [0.29, 0.717) is 6.54 Å². The van der Waals surface area contributed by atoms with E-state index >= 15 is 0 Å². The fraction of sp³-hybridized carbons (Fsp3) is 0.312. The van der Waals surface area contributed by atoms with Crippen molar-refractivity contribution in [3.05, 3.63) is 42.0 Å². The molecule has 0 aromatic heterocycles. The van der Waals surface area contributed by atoms with E-state index in [0.717, 1.165) is 5.56 Å². The highest BCUT2D eigenvalue weighted by molar-refractivity contribution is 5.92. The van der Waals surface area contributed by atoms with E-state index < -0.39 is 0 Å². The third-order valence-electron chi connectivity index (χ3n) is 2.70. The number of hydrogen-bond acceptors (Lipinski definition) is 3. The molecule has 0 radical (unpaired) electrons. The Kier molecular flexibility index (Phi) is 8.04. The lowest BCUT2D eigenvalue weighted by atomic mass is 10.2. The molecule has 1 rings (SSSR count). The first-order chi connectivity index (χ1) is 10.6. The topological polar surface area (TPSA) is 87.3 Å². The monoisotopic (exact) mass is 303 g/mol. The van der Waals surface area contributed by atoms with Crippen molar-refractivity contribution in [1.29, 1.82) is 0 Å². The predicted octanol–water partition coefficient (Wildman–Crippen LogP) is 0.458. The van der Waals surface area contributed by atoms with Crippen LogP contribution in [-0.2, 0) is 14.4 Å². The number of carbonyl (C=O) groups is 3. The third-order valence-corrected chi connectivity index (χ3v) is 2.70. The Bertz CT molecular complexity index is 527. The third kappa shape index (κ3) is 7.84. The molecule has 1 aromatic rings. The van der Waals surface area contributed by atoms with Crippen LogP contribution in [-0.4, -0.2) is 37.4 Å². The maximum atomic E-state index is 11.6. The van der Waals surface area contributed by atoms with Crippen LogP contribution in [0.1, 0.15) is 18.9 Å². The second-order valence-electron chi connectivity index (χ2n) is 4.52. The SMILES string of the molecule is CCNC(=O)CNC(=O)CCNC(=O)/C=C/c1ccccc1. The summed E-state index contributed by atoms with van der Waals surface area (Å²) >= 11 is 0. The Morgan fingerprint density at radius 1 is 1.00 bits per heavy atom. The molecule has 0 spiro atoms. The summed E-state index contributed by atoms with van der Waals surface area (Å²) in [6.07, 6.45) is 3.25. The first-order valence-corrected chi connectivity index (χ1v) is 7.16. The molecule has 3 N–H and O–H groups in total. The molecule has 0 aliphatic heterocycles. The minimum Gasteiger partial charge on any atom is -0.355 e. The number of likely N-dealkylation sites (N-methyl/N-ethyl adjacent to an activating group) is 1. The van der Waals surface area contributed by atoms with E-state index in [4.69, 9.17) is 0 Å². The lowest BCUT2D eigenvalue weighted by Crippen LogP contribution is -2.38. The van der Waals surface area contributed by atoms with Crippen LogP contribution in [0.15, 0.2) is 36.4 Å². The molecule has 3 amide bonds. The summed E-state index contributed by atoms with van der Waals surface area (Å²) < 4.78 is 0. The highest BCUT2D eigenvalue weighted by atomic mass is 16.2. The molecule has 0 aliphatic carbocycles. The molecule has 0 fully saturated rings. The normalized spacial score (nSPS) is 10.2. The van der Waals surface area contributed by atoms with E-state index in [1.807, 2.05) is 30.3 Å². The molecule has 6 heteroatoms. The standard InChI is InChI=1S/C16H21N3O3/c1-2-17-16(22)12-19-15(21)10-11-18-14(20)9-8-13-6-4-3-5-7-13/h3-9H,2,10-12H2,1H3,(H,17,22)(H,18,20)(H,19,21)/b9-8+. The summed E-state index contributed by atoms with van der Waals surface area (Å²) in [4.78, 5) is 34.2. The van der Waals surface area contributed by atoms with Crippen molar-refractivity contribution in [2.75, 3.05) is 19.6 Å². The zero-order valence-corrected chi connectivity index (χ0v) is 12.6. The van der Waals surface area contributed by atoms with Gasteiger partial charge in [-0.05, 0) is 18.6 Å². The molecule has 1 aromatic carbocycles. The second-order valence-corrected chi connectivity index (χ2v) is 4.52. The van der Waals surface area contributed by atoms with Gasteiger partial charge in [0.1, 0.15) is 0 Å². The van der Waals surface area contributed by atoms with Gasteiger partial charge in [0.15, 0.2) is 0 Å². The van der Waals surface area contributed by atoms with E-state index in [-0.39, 0.29) is 37.2 Å². The minimum absolute atomic E-state index is 0.0471. The maximum Gasteiger partial charge on any atom is 0.244 e. The highest BCUT2D eigenvalue weighted by Gasteiger charge is 2.04. The Labute approximate surface area is 130 Å². The fourth-order valence-electron chi connectivity index (χ4n) is 1.62. The fourth-order valence-corrected chi connectivity index (χ4v) is 1.62. The first-order valence-electron chi connectivity index (χ1n) is 7.16. The first kappa shape index (κ1) is 17.4. The van der Waals surface area contributed by atoms with Crippen molar-refractivity contribution >= 4 is 23.8 Å². The van der Waals surface area contributed by atoms with Crippen LogP contribution in [0, 0.1) is 0 Å². The highest BCUT2D eigenvalue weighted by Crippen LogP contribution is 2.00. The van der Waals surface area contributed by atoms with Crippen molar-refractivity contribution < 1.29 is 14.4 Å². The van der Waals surface area contributed by atoms with Crippen LogP contribution >= 0.6 is 0 Å². The molecule has 0 atom stereocenters. The van der Waals surface area contributed by atoms with E-state index in [1.54, 1.807) is 13.0 Å². The largest absolute Gasteiger partial charge is 0.355 e. The average Bonchev–Trinajstić information content (AvgIpc) is 2.52. The number of carbonyl (C=O) groups excluding carboxylic acids is 3. The molecule has 0 saturated carbocycles. The summed E-state index contributed by atoms with van der Waals surface area (Å²) in [5, 5.41) is 7.66. The summed E-state index contributed by atoms with van der Waals surface area (Å²) in [6, 6.07) is 9.45. The summed E-state index contributed by atoms with van der Waals surface area (Å²) in [5.41, 5.74) is 0.928. The van der Waals surface area contributed by atoms with Crippen LogP contribution in [0.3, 0.4) is 0 Å². The van der Waals surface area contributed by atoms with Crippen LogP contribution < -0.4 is 16.0 Å². The van der Waals surface area contributed by atoms with E-state index in [1.165, 1.54) is 6.08 Å². The van der Waals surface area contributed by atoms with Gasteiger partial charge in [-0.2, -0.15) is 0 Å². The lowest BCUT2D eigenvalue weighted by molar-refractivity contribution is -0.126. The van der Waals surface area contributed by atoms with E-state index in [9.17, 15) is 14.4 Å². The predicted molar refractivity (Wildman–Crippen MR) is 84.8 cm³/mol. The van der Waals surface area contributed by atoms with Gasteiger partial charge in [0.25, 0.3) is 0 Å². The number of benzene rings is 1. The quantitative estimate of drug-likeness (QED) is 0.610. The molecular weight excluding hydrogens is 282 g/mol. The minimum atomic E-state index is -0.279. The van der Waals surface area contributed by atoms with Crippen molar-refractivity contribution in [2.24, 2.45) is 0 Å². The molecule has 0 bridgehead atoms. The Morgan fingerprint density at radius 3 is 2.41 bits per heavy atom. The summed E-state index contributed by atoms with van der Waals surface area (Å²) in [6.45, 7) is 2.50. The number of rotatable bonds is 8. The van der Waals surface area contributed by atoms with Crippen LogP contribution in [0.25, 0.3) is 6.08 Å². The van der Waals surface area contributed by atoms with Gasteiger partial charge in [-0.25, -0.2) is 0 Å². The van der Waals surface area contributed by atoms with Gasteiger partial charge < -0.3 is 16.0 Å². The van der Waals surface area contributed by atoms with Gasteiger partial charge in [-0.3, -0.25) is 14.4 Å². The molecule has 0 unspecified atom stereocenters. The summed E-state index contributed by atoms with van der Waals surface area (Å²) in [7, 11) is 0. The Morgan fingerprint density at radius 2 is 1.73 bits per heavy atom. The van der Waals surface area contributed by atoms with E-state index in [2.05, 4.69) is 16.0 Å².